The third-order valence-electron chi connectivity index (χ3n) is 4.83. The second kappa shape index (κ2) is 7.79. The average molecular weight is 353 g/mol. The molecule has 26 heavy (non-hydrogen) atoms. The summed E-state index contributed by atoms with van der Waals surface area (Å²) in [5.74, 6) is 5.46. The van der Waals surface area contributed by atoms with Crippen molar-refractivity contribution in [2.45, 2.75) is 38.7 Å². The SMILES string of the molecule is CC(C)(Oc1ccc(-c2ccc(N3CCCCC3)cc2)cc1)C(=O)NN. The number of nitrogens with zero attached hydrogens (tertiary/aromatic N) is 1. The van der Waals surface area contributed by atoms with Gasteiger partial charge in [-0.25, -0.2) is 5.84 Å². The third-order valence-corrected chi connectivity index (χ3v) is 4.83. The average Bonchev–Trinajstić information content (AvgIpc) is 2.68. The van der Waals surface area contributed by atoms with Crippen molar-refractivity contribution in [3.63, 3.8) is 0 Å². The van der Waals surface area contributed by atoms with Crippen molar-refractivity contribution in [2.24, 2.45) is 5.84 Å². The molecule has 3 N–H and O–H groups in total. The third kappa shape index (κ3) is 4.17. The summed E-state index contributed by atoms with van der Waals surface area (Å²) in [6, 6.07) is 16.5. The van der Waals surface area contributed by atoms with E-state index in [4.69, 9.17) is 10.6 Å². The molecule has 1 saturated heterocycles. The molecule has 1 amide bonds. The number of piperidine rings is 1. The van der Waals surface area contributed by atoms with E-state index in [0.29, 0.717) is 5.75 Å². The normalized spacial score (nSPS) is 14.8. The fourth-order valence-corrected chi connectivity index (χ4v) is 3.25. The molecule has 1 fully saturated rings. The van der Waals surface area contributed by atoms with Crippen LogP contribution in [0.15, 0.2) is 48.5 Å². The van der Waals surface area contributed by atoms with Gasteiger partial charge in [0.1, 0.15) is 5.75 Å². The van der Waals surface area contributed by atoms with Crippen LogP contribution >= 0.6 is 0 Å². The van der Waals surface area contributed by atoms with E-state index >= 15 is 0 Å². The number of ether oxygens (including phenoxy) is 1. The lowest BCUT2D eigenvalue weighted by Crippen LogP contribution is -2.49. The Morgan fingerprint density at radius 2 is 1.50 bits per heavy atom. The lowest BCUT2D eigenvalue weighted by molar-refractivity contribution is -0.134. The largest absolute Gasteiger partial charge is 0.478 e. The second-order valence-electron chi connectivity index (χ2n) is 7.20. The molecule has 1 heterocycles. The molecule has 0 aromatic heterocycles. The van der Waals surface area contributed by atoms with Gasteiger partial charge in [0.25, 0.3) is 5.91 Å². The molecule has 1 aliphatic rings. The number of amides is 1. The van der Waals surface area contributed by atoms with Crippen LogP contribution in [0.5, 0.6) is 5.75 Å². The maximum atomic E-state index is 11.7. The number of hydrazine groups is 1. The first kappa shape index (κ1) is 18.3. The van der Waals surface area contributed by atoms with Crippen molar-refractivity contribution in [1.82, 2.24) is 5.43 Å². The number of carbonyl (C=O) groups is 1. The van der Waals surface area contributed by atoms with E-state index < -0.39 is 5.60 Å². The molecular weight excluding hydrogens is 326 g/mol. The lowest BCUT2D eigenvalue weighted by atomic mass is 10.0. The molecule has 5 nitrogen and oxygen atoms in total. The molecule has 0 saturated carbocycles. The Balaban J connectivity index is 1.69. The molecule has 0 atom stereocenters. The first-order valence-electron chi connectivity index (χ1n) is 9.15. The van der Waals surface area contributed by atoms with Crippen molar-refractivity contribution < 1.29 is 9.53 Å². The van der Waals surface area contributed by atoms with E-state index in [1.54, 1.807) is 13.8 Å². The van der Waals surface area contributed by atoms with Crippen LogP contribution < -0.4 is 20.9 Å². The zero-order valence-corrected chi connectivity index (χ0v) is 15.5. The highest BCUT2D eigenvalue weighted by atomic mass is 16.5. The Bertz CT molecular complexity index is 733. The van der Waals surface area contributed by atoms with E-state index in [1.807, 2.05) is 24.3 Å². The molecule has 0 spiro atoms. The predicted molar refractivity (Wildman–Crippen MR) is 105 cm³/mol. The molecule has 0 bridgehead atoms. The number of nitrogens with two attached hydrogens (primary N) is 1. The molecule has 2 aromatic carbocycles. The topological polar surface area (TPSA) is 67.6 Å². The molecule has 138 valence electrons. The number of rotatable bonds is 5. The van der Waals surface area contributed by atoms with Gasteiger partial charge in [-0.3, -0.25) is 10.2 Å². The smallest absolute Gasteiger partial charge is 0.277 e. The number of hydrogen-bond acceptors (Lipinski definition) is 4. The number of benzene rings is 2. The van der Waals surface area contributed by atoms with Crippen LogP contribution in [0.3, 0.4) is 0 Å². The standard InChI is InChI=1S/C21H27N3O2/c1-21(2,20(25)23-22)26-19-12-8-17(9-13-19)16-6-10-18(11-7-16)24-14-4-3-5-15-24/h6-13H,3-5,14-15,22H2,1-2H3,(H,23,25). The summed E-state index contributed by atoms with van der Waals surface area (Å²) in [5, 5.41) is 0. The highest BCUT2D eigenvalue weighted by Crippen LogP contribution is 2.27. The van der Waals surface area contributed by atoms with Crippen LogP contribution in [0.25, 0.3) is 11.1 Å². The van der Waals surface area contributed by atoms with Crippen LogP contribution in [-0.4, -0.2) is 24.6 Å². The van der Waals surface area contributed by atoms with Gasteiger partial charge in [-0.05, 0) is 68.5 Å². The summed E-state index contributed by atoms with van der Waals surface area (Å²) >= 11 is 0. The van der Waals surface area contributed by atoms with Gasteiger partial charge in [-0.2, -0.15) is 0 Å². The first-order chi connectivity index (χ1) is 12.5. The van der Waals surface area contributed by atoms with E-state index in [0.717, 1.165) is 24.2 Å². The van der Waals surface area contributed by atoms with Crippen molar-refractivity contribution in [3.05, 3.63) is 48.5 Å². The quantitative estimate of drug-likeness (QED) is 0.490. The van der Waals surface area contributed by atoms with Gasteiger partial charge in [0, 0.05) is 18.8 Å². The fraction of sp³-hybridized carbons (Fsp3) is 0.381. The van der Waals surface area contributed by atoms with Crippen LogP contribution in [0, 0.1) is 0 Å². The van der Waals surface area contributed by atoms with Crippen molar-refractivity contribution in [3.8, 4) is 16.9 Å². The monoisotopic (exact) mass is 353 g/mol. The summed E-state index contributed by atoms with van der Waals surface area (Å²) in [6.45, 7) is 5.67. The Hall–Kier alpha value is -2.53. The highest BCUT2D eigenvalue weighted by Gasteiger charge is 2.29. The Kier molecular flexibility index (Phi) is 5.47. The molecule has 2 aromatic rings. The van der Waals surface area contributed by atoms with Crippen molar-refractivity contribution >= 4 is 11.6 Å². The minimum Gasteiger partial charge on any atom is -0.478 e. The molecule has 1 aliphatic heterocycles. The first-order valence-corrected chi connectivity index (χ1v) is 9.15. The van der Waals surface area contributed by atoms with Gasteiger partial charge >= 0.3 is 0 Å². The van der Waals surface area contributed by atoms with Gasteiger partial charge in [0.2, 0.25) is 0 Å². The number of hydrogen-bond donors (Lipinski definition) is 2. The maximum absolute atomic E-state index is 11.7. The van der Waals surface area contributed by atoms with Crippen LogP contribution in [0.2, 0.25) is 0 Å². The number of nitrogens with one attached hydrogen (secondary N) is 1. The lowest BCUT2D eigenvalue weighted by Gasteiger charge is -2.28. The van der Waals surface area contributed by atoms with Crippen molar-refractivity contribution in [1.29, 1.82) is 0 Å². The van der Waals surface area contributed by atoms with E-state index in [-0.39, 0.29) is 5.91 Å². The van der Waals surface area contributed by atoms with E-state index in [1.165, 1.54) is 24.9 Å². The van der Waals surface area contributed by atoms with Gasteiger partial charge in [0.05, 0.1) is 0 Å². The van der Waals surface area contributed by atoms with Crippen molar-refractivity contribution in [2.75, 3.05) is 18.0 Å². The molecule has 0 aliphatic carbocycles. The van der Waals surface area contributed by atoms with E-state index in [2.05, 4.69) is 34.6 Å². The summed E-state index contributed by atoms with van der Waals surface area (Å²) in [5.41, 5.74) is 4.68. The van der Waals surface area contributed by atoms with Gasteiger partial charge in [0.15, 0.2) is 5.60 Å². The van der Waals surface area contributed by atoms with Crippen LogP contribution in [0.4, 0.5) is 5.69 Å². The molecule has 0 unspecified atom stereocenters. The summed E-state index contributed by atoms with van der Waals surface area (Å²) in [7, 11) is 0. The highest BCUT2D eigenvalue weighted by molar-refractivity contribution is 5.84. The maximum Gasteiger partial charge on any atom is 0.277 e. The minimum absolute atomic E-state index is 0.366. The molecule has 0 radical (unpaired) electrons. The number of anilines is 1. The number of carbonyl (C=O) groups excluding carboxylic acids is 1. The van der Waals surface area contributed by atoms with Crippen LogP contribution in [-0.2, 0) is 4.79 Å². The Labute approximate surface area is 155 Å². The van der Waals surface area contributed by atoms with Crippen LogP contribution in [0.1, 0.15) is 33.1 Å². The zero-order chi connectivity index (χ0) is 18.6. The molecular formula is C21H27N3O2. The molecule has 5 heteroatoms. The predicted octanol–water partition coefficient (Wildman–Crippen LogP) is 3.49. The minimum atomic E-state index is -1.02. The molecule has 3 rings (SSSR count). The summed E-state index contributed by atoms with van der Waals surface area (Å²) in [6.07, 6.45) is 3.90. The zero-order valence-electron chi connectivity index (χ0n) is 15.5. The Morgan fingerprint density at radius 3 is 2.04 bits per heavy atom. The fourth-order valence-electron chi connectivity index (χ4n) is 3.25. The second-order valence-corrected chi connectivity index (χ2v) is 7.20. The van der Waals surface area contributed by atoms with Gasteiger partial charge in [-0.1, -0.05) is 24.3 Å². The Morgan fingerprint density at radius 1 is 0.962 bits per heavy atom. The van der Waals surface area contributed by atoms with Gasteiger partial charge in [-0.15, -0.1) is 0 Å². The summed E-state index contributed by atoms with van der Waals surface area (Å²) in [4.78, 5) is 14.2. The summed E-state index contributed by atoms with van der Waals surface area (Å²) < 4.78 is 5.75. The van der Waals surface area contributed by atoms with E-state index in [9.17, 15) is 4.79 Å². The van der Waals surface area contributed by atoms with Gasteiger partial charge < -0.3 is 9.64 Å².